The van der Waals surface area contributed by atoms with Crippen molar-refractivity contribution >= 4 is 0 Å². The molecule has 1 aromatic carbocycles. The highest BCUT2D eigenvalue weighted by molar-refractivity contribution is 5.24. The minimum absolute atomic E-state index is 0.477. The summed E-state index contributed by atoms with van der Waals surface area (Å²) in [4.78, 5) is 0. The summed E-state index contributed by atoms with van der Waals surface area (Å²) in [5, 5.41) is 37.6. The van der Waals surface area contributed by atoms with E-state index < -0.39 is 31.3 Å². The molecular weight excluding hydrogens is 208 g/mol. The summed E-state index contributed by atoms with van der Waals surface area (Å²) in [7, 11) is 0. The third-order valence-electron chi connectivity index (χ3n) is 2.92. The van der Waals surface area contributed by atoms with Crippen molar-refractivity contribution in [2.45, 2.75) is 13.0 Å². The van der Waals surface area contributed by atoms with Gasteiger partial charge in [0, 0.05) is 0 Å². The summed E-state index contributed by atoms with van der Waals surface area (Å²) in [6.45, 7) is 0.493. The Morgan fingerprint density at radius 3 is 1.81 bits per heavy atom. The smallest absolute Gasteiger partial charge is 0.0912 e. The minimum Gasteiger partial charge on any atom is -0.395 e. The van der Waals surface area contributed by atoms with Crippen molar-refractivity contribution in [3.8, 4) is 0 Å². The Morgan fingerprint density at radius 2 is 1.44 bits per heavy atom. The summed E-state index contributed by atoms with van der Waals surface area (Å²) >= 11 is 0. The molecule has 16 heavy (non-hydrogen) atoms. The first-order chi connectivity index (χ1) is 7.59. The molecule has 0 heterocycles. The summed E-state index contributed by atoms with van der Waals surface area (Å²) in [5.41, 5.74) is 0.330. The van der Waals surface area contributed by atoms with Gasteiger partial charge in [0.05, 0.1) is 31.3 Å². The number of aliphatic hydroxyl groups is 4. The minimum atomic E-state index is -1.30. The second-order valence-electron chi connectivity index (χ2n) is 4.15. The molecule has 4 heteroatoms. The van der Waals surface area contributed by atoms with E-state index in [4.69, 9.17) is 0 Å². The number of benzene rings is 1. The highest BCUT2D eigenvalue weighted by Gasteiger charge is 2.37. The average Bonchev–Trinajstić information content (AvgIpc) is 2.33. The highest BCUT2D eigenvalue weighted by atomic mass is 16.3. The molecular formula is C12H18O4. The number of hydrogen-bond donors (Lipinski definition) is 4. The third kappa shape index (κ3) is 2.41. The Kier molecular flexibility index (Phi) is 4.44. The molecule has 1 aromatic rings. The van der Waals surface area contributed by atoms with E-state index in [0.717, 1.165) is 5.56 Å². The van der Waals surface area contributed by atoms with Gasteiger partial charge in [0.25, 0.3) is 0 Å². The maximum absolute atomic E-state index is 10.0. The van der Waals surface area contributed by atoms with E-state index in [1.807, 2.05) is 19.1 Å². The molecule has 4 N–H and O–H groups in total. The quantitative estimate of drug-likeness (QED) is 0.569. The predicted octanol–water partition coefficient (Wildman–Crippen LogP) is -0.00828. The lowest BCUT2D eigenvalue weighted by molar-refractivity contribution is -0.0852. The molecule has 0 aliphatic carbocycles. The van der Waals surface area contributed by atoms with Crippen molar-refractivity contribution in [1.82, 2.24) is 0 Å². The second-order valence-corrected chi connectivity index (χ2v) is 4.15. The fourth-order valence-electron chi connectivity index (χ4n) is 1.51. The zero-order chi connectivity index (χ0) is 12.2. The fraction of sp³-hybridized carbons (Fsp3) is 0.500. The number of aryl methyl sites for hydroxylation is 1. The van der Waals surface area contributed by atoms with E-state index in [1.165, 1.54) is 0 Å². The summed E-state index contributed by atoms with van der Waals surface area (Å²) in [5.74, 6) is 0. The van der Waals surface area contributed by atoms with Crippen molar-refractivity contribution in [3.63, 3.8) is 0 Å². The third-order valence-corrected chi connectivity index (χ3v) is 2.92. The lowest BCUT2D eigenvalue weighted by atomic mass is 9.81. The fourth-order valence-corrected chi connectivity index (χ4v) is 1.51. The van der Waals surface area contributed by atoms with Gasteiger partial charge in [-0.2, -0.15) is 0 Å². The van der Waals surface area contributed by atoms with Crippen molar-refractivity contribution < 1.29 is 20.4 Å². The normalized spacial score (nSPS) is 13.8. The van der Waals surface area contributed by atoms with E-state index in [9.17, 15) is 20.4 Å². The lowest BCUT2D eigenvalue weighted by Gasteiger charge is -2.33. The molecule has 1 atom stereocenters. The molecule has 0 amide bonds. The van der Waals surface area contributed by atoms with Crippen LogP contribution in [-0.4, -0.2) is 40.2 Å². The van der Waals surface area contributed by atoms with Crippen LogP contribution in [0, 0.1) is 12.3 Å². The molecule has 0 fully saturated rings. The molecule has 4 nitrogen and oxygen atoms in total. The van der Waals surface area contributed by atoms with Crippen molar-refractivity contribution in [3.05, 3.63) is 35.4 Å². The zero-order valence-corrected chi connectivity index (χ0v) is 9.30. The maximum atomic E-state index is 10.0. The van der Waals surface area contributed by atoms with Crippen LogP contribution in [0.3, 0.4) is 0 Å². The van der Waals surface area contributed by atoms with Crippen molar-refractivity contribution in [2.75, 3.05) is 19.8 Å². The first kappa shape index (κ1) is 13.1. The van der Waals surface area contributed by atoms with Gasteiger partial charge in [-0.1, -0.05) is 29.8 Å². The largest absolute Gasteiger partial charge is 0.395 e. The van der Waals surface area contributed by atoms with Crippen LogP contribution in [0.2, 0.25) is 0 Å². The van der Waals surface area contributed by atoms with E-state index in [-0.39, 0.29) is 0 Å². The van der Waals surface area contributed by atoms with Gasteiger partial charge in [0.15, 0.2) is 0 Å². The van der Waals surface area contributed by atoms with Crippen LogP contribution < -0.4 is 0 Å². The summed E-state index contributed by atoms with van der Waals surface area (Å²) in [6.07, 6.45) is -1.09. The number of hydrogen-bond acceptors (Lipinski definition) is 4. The summed E-state index contributed by atoms with van der Waals surface area (Å²) in [6, 6.07) is 7.09. The molecule has 0 saturated heterocycles. The topological polar surface area (TPSA) is 80.9 Å². The lowest BCUT2D eigenvalue weighted by Crippen LogP contribution is -2.40. The van der Waals surface area contributed by atoms with Crippen LogP contribution in [0.1, 0.15) is 17.2 Å². The van der Waals surface area contributed by atoms with Crippen LogP contribution in [0.5, 0.6) is 0 Å². The molecule has 0 bridgehead atoms. The Balaban J connectivity index is 2.98. The van der Waals surface area contributed by atoms with E-state index in [0.29, 0.717) is 5.56 Å². The van der Waals surface area contributed by atoms with Gasteiger partial charge in [-0.15, -0.1) is 0 Å². The van der Waals surface area contributed by atoms with Gasteiger partial charge in [0.2, 0.25) is 0 Å². The van der Waals surface area contributed by atoms with Crippen molar-refractivity contribution in [1.29, 1.82) is 0 Å². The monoisotopic (exact) mass is 226 g/mol. The van der Waals surface area contributed by atoms with Gasteiger partial charge in [-0.05, 0) is 12.5 Å². The first-order valence-electron chi connectivity index (χ1n) is 5.17. The van der Waals surface area contributed by atoms with Crippen LogP contribution in [-0.2, 0) is 0 Å². The standard InChI is InChI=1S/C12H18O4/c1-9-2-4-10(5-3-9)11(16)12(6-13,7-14)8-15/h2-5,11,13-16H,6-8H2,1H3. The van der Waals surface area contributed by atoms with E-state index in [1.54, 1.807) is 12.1 Å². The highest BCUT2D eigenvalue weighted by Crippen LogP contribution is 2.33. The number of rotatable bonds is 5. The van der Waals surface area contributed by atoms with Crippen LogP contribution in [0.4, 0.5) is 0 Å². The Hall–Kier alpha value is -0.940. The van der Waals surface area contributed by atoms with Gasteiger partial charge in [0.1, 0.15) is 0 Å². The molecule has 90 valence electrons. The molecule has 0 radical (unpaired) electrons. The van der Waals surface area contributed by atoms with Crippen molar-refractivity contribution in [2.24, 2.45) is 5.41 Å². The Morgan fingerprint density at radius 1 is 1.00 bits per heavy atom. The molecule has 0 saturated carbocycles. The maximum Gasteiger partial charge on any atom is 0.0912 e. The van der Waals surface area contributed by atoms with Gasteiger partial charge in [-0.25, -0.2) is 0 Å². The number of aliphatic hydroxyl groups excluding tert-OH is 4. The molecule has 0 aliphatic rings. The van der Waals surface area contributed by atoms with Gasteiger partial charge in [-0.3, -0.25) is 0 Å². The van der Waals surface area contributed by atoms with E-state index >= 15 is 0 Å². The van der Waals surface area contributed by atoms with Crippen LogP contribution >= 0.6 is 0 Å². The van der Waals surface area contributed by atoms with Crippen LogP contribution in [0.15, 0.2) is 24.3 Å². The van der Waals surface area contributed by atoms with E-state index in [2.05, 4.69) is 0 Å². The second kappa shape index (κ2) is 5.41. The van der Waals surface area contributed by atoms with Gasteiger partial charge >= 0.3 is 0 Å². The zero-order valence-electron chi connectivity index (χ0n) is 9.30. The van der Waals surface area contributed by atoms with Crippen LogP contribution in [0.25, 0.3) is 0 Å². The molecule has 1 rings (SSSR count). The molecule has 0 spiro atoms. The Labute approximate surface area is 94.8 Å². The average molecular weight is 226 g/mol. The Bertz CT molecular complexity index is 308. The summed E-state index contributed by atoms with van der Waals surface area (Å²) < 4.78 is 0. The molecule has 1 unspecified atom stereocenters. The molecule has 0 aromatic heterocycles. The molecule has 0 aliphatic heterocycles. The predicted molar refractivity (Wildman–Crippen MR) is 59.8 cm³/mol. The SMILES string of the molecule is Cc1ccc(C(O)C(CO)(CO)CO)cc1. The van der Waals surface area contributed by atoms with Gasteiger partial charge < -0.3 is 20.4 Å². The first-order valence-corrected chi connectivity index (χ1v) is 5.17.